The van der Waals surface area contributed by atoms with Crippen molar-refractivity contribution in [2.75, 3.05) is 13.2 Å². The zero-order chi connectivity index (χ0) is 17.2. The molecule has 24 heavy (non-hydrogen) atoms. The molecule has 0 atom stereocenters. The van der Waals surface area contributed by atoms with Crippen LogP contribution in [0.1, 0.15) is 26.2 Å². The van der Waals surface area contributed by atoms with E-state index in [2.05, 4.69) is 28.8 Å². The summed E-state index contributed by atoms with van der Waals surface area (Å²) < 4.78 is 6.73. The highest BCUT2D eigenvalue weighted by Crippen LogP contribution is 2.14. The van der Waals surface area contributed by atoms with Crippen LogP contribution >= 0.6 is 11.6 Å². The molecule has 2 rings (SSSR count). The molecule has 2 aromatic rings. The SMILES string of the molecule is CCCOCCCC#CCn1nc(-c2ccc(Cl)cn2)ccc1=O. The van der Waals surface area contributed by atoms with Crippen molar-refractivity contribution in [1.29, 1.82) is 0 Å². The molecular weight excluding hydrogens is 326 g/mol. The number of nitrogens with zero attached hydrogens (tertiary/aromatic N) is 3. The van der Waals surface area contributed by atoms with E-state index in [1.807, 2.05) is 0 Å². The summed E-state index contributed by atoms with van der Waals surface area (Å²) >= 11 is 5.83. The van der Waals surface area contributed by atoms with Gasteiger partial charge in [-0.3, -0.25) is 9.78 Å². The number of rotatable bonds is 7. The maximum absolute atomic E-state index is 11.9. The van der Waals surface area contributed by atoms with Gasteiger partial charge in [-0.1, -0.05) is 24.4 Å². The number of aromatic nitrogens is 3. The van der Waals surface area contributed by atoms with Crippen LogP contribution in [0, 0.1) is 11.8 Å². The van der Waals surface area contributed by atoms with E-state index < -0.39 is 0 Å². The van der Waals surface area contributed by atoms with Gasteiger partial charge in [-0.25, -0.2) is 4.68 Å². The second-order valence-electron chi connectivity index (χ2n) is 5.15. The minimum Gasteiger partial charge on any atom is -0.381 e. The van der Waals surface area contributed by atoms with E-state index in [9.17, 15) is 4.79 Å². The lowest BCUT2D eigenvalue weighted by Gasteiger charge is -2.03. The number of unbranched alkanes of at least 4 members (excludes halogenated alkanes) is 1. The summed E-state index contributed by atoms with van der Waals surface area (Å²) in [4.78, 5) is 16.1. The molecule has 0 N–H and O–H groups in total. The summed E-state index contributed by atoms with van der Waals surface area (Å²) in [7, 11) is 0. The summed E-state index contributed by atoms with van der Waals surface area (Å²) in [5.74, 6) is 6.02. The quantitative estimate of drug-likeness (QED) is 0.571. The predicted octanol–water partition coefficient (Wildman–Crippen LogP) is 3.17. The molecule has 2 heterocycles. The molecule has 0 unspecified atom stereocenters. The Morgan fingerprint density at radius 1 is 1.17 bits per heavy atom. The normalized spacial score (nSPS) is 10.2. The first-order chi connectivity index (χ1) is 11.7. The topological polar surface area (TPSA) is 57.0 Å². The number of hydrogen-bond donors (Lipinski definition) is 0. The molecule has 126 valence electrons. The van der Waals surface area contributed by atoms with Gasteiger partial charge in [0.2, 0.25) is 0 Å². The molecule has 0 aromatic carbocycles. The maximum atomic E-state index is 11.9. The zero-order valence-electron chi connectivity index (χ0n) is 13.7. The standard InChI is InChI=1S/C18H20ClN3O2/c1-2-12-24-13-6-4-3-5-11-22-18(23)10-9-17(21-22)16-8-7-15(19)14-20-16/h7-10,14H,2,4,6,11-13H2,1H3. The van der Waals surface area contributed by atoms with Crippen molar-refractivity contribution in [2.24, 2.45) is 0 Å². The van der Waals surface area contributed by atoms with Crippen molar-refractivity contribution >= 4 is 11.6 Å². The van der Waals surface area contributed by atoms with Crippen molar-refractivity contribution in [3.8, 4) is 23.2 Å². The molecule has 0 saturated heterocycles. The summed E-state index contributed by atoms with van der Waals surface area (Å²) in [6.45, 7) is 3.85. The molecule has 2 aromatic heterocycles. The zero-order valence-corrected chi connectivity index (χ0v) is 14.4. The van der Waals surface area contributed by atoms with Gasteiger partial charge >= 0.3 is 0 Å². The Balaban J connectivity index is 1.95. The first-order valence-electron chi connectivity index (χ1n) is 7.94. The predicted molar refractivity (Wildman–Crippen MR) is 94.9 cm³/mol. The van der Waals surface area contributed by atoms with Crippen LogP contribution in [0.25, 0.3) is 11.4 Å². The Hall–Kier alpha value is -2.16. The highest BCUT2D eigenvalue weighted by Gasteiger charge is 2.04. The molecule has 0 bridgehead atoms. The van der Waals surface area contributed by atoms with Crippen molar-refractivity contribution in [3.63, 3.8) is 0 Å². The third-order valence-electron chi connectivity index (χ3n) is 3.15. The highest BCUT2D eigenvalue weighted by atomic mass is 35.5. The average molecular weight is 346 g/mol. The lowest BCUT2D eigenvalue weighted by Crippen LogP contribution is -2.21. The Morgan fingerprint density at radius 2 is 2.00 bits per heavy atom. The second-order valence-corrected chi connectivity index (χ2v) is 5.58. The van der Waals surface area contributed by atoms with Crippen LogP contribution in [-0.4, -0.2) is 28.0 Å². The molecule has 0 fully saturated rings. The first kappa shape index (κ1) is 18.2. The Bertz CT molecular complexity index is 760. The molecule has 0 aliphatic rings. The summed E-state index contributed by atoms with van der Waals surface area (Å²) in [5.41, 5.74) is 1.09. The van der Waals surface area contributed by atoms with Crippen molar-refractivity contribution in [2.45, 2.75) is 32.7 Å². The van der Waals surface area contributed by atoms with E-state index in [0.717, 1.165) is 32.5 Å². The van der Waals surface area contributed by atoms with E-state index >= 15 is 0 Å². The summed E-state index contributed by atoms with van der Waals surface area (Å²) in [5, 5.41) is 4.86. The first-order valence-corrected chi connectivity index (χ1v) is 8.32. The summed E-state index contributed by atoms with van der Waals surface area (Å²) in [6.07, 6.45) is 4.22. The number of ether oxygens (including phenoxy) is 1. The molecule has 0 radical (unpaired) electrons. The van der Waals surface area contributed by atoms with E-state index in [1.54, 1.807) is 24.4 Å². The van der Waals surface area contributed by atoms with E-state index in [-0.39, 0.29) is 12.1 Å². The van der Waals surface area contributed by atoms with Crippen LogP contribution in [0.2, 0.25) is 5.02 Å². The van der Waals surface area contributed by atoms with Gasteiger partial charge in [0.05, 0.1) is 10.7 Å². The lowest BCUT2D eigenvalue weighted by molar-refractivity contribution is 0.133. The number of pyridine rings is 1. The van der Waals surface area contributed by atoms with Crippen LogP contribution in [0.4, 0.5) is 0 Å². The Labute approximate surface area is 146 Å². The van der Waals surface area contributed by atoms with E-state index in [4.69, 9.17) is 16.3 Å². The van der Waals surface area contributed by atoms with Gasteiger partial charge in [0.25, 0.3) is 5.56 Å². The molecule has 5 nitrogen and oxygen atoms in total. The van der Waals surface area contributed by atoms with Crippen LogP contribution in [-0.2, 0) is 11.3 Å². The highest BCUT2D eigenvalue weighted by molar-refractivity contribution is 6.30. The Morgan fingerprint density at radius 3 is 2.75 bits per heavy atom. The van der Waals surface area contributed by atoms with Crippen molar-refractivity contribution in [1.82, 2.24) is 14.8 Å². The molecule has 0 saturated carbocycles. The van der Waals surface area contributed by atoms with Crippen LogP contribution in [0.15, 0.2) is 35.3 Å². The molecule has 0 spiro atoms. The molecular formula is C18H20ClN3O2. The van der Waals surface area contributed by atoms with Gasteiger partial charge in [0, 0.05) is 31.9 Å². The lowest BCUT2D eigenvalue weighted by atomic mass is 10.2. The Kier molecular flexibility index (Phi) is 7.47. The van der Waals surface area contributed by atoms with Crippen molar-refractivity contribution < 1.29 is 4.74 Å². The average Bonchev–Trinajstić information content (AvgIpc) is 2.59. The summed E-state index contributed by atoms with van der Waals surface area (Å²) in [6, 6.07) is 6.62. The van der Waals surface area contributed by atoms with Crippen LogP contribution in [0.5, 0.6) is 0 Å². The monoisotopic (exact) mass is 345 g/mol. The van der Waals surface area contributed by atoms with Gasteiger partial charge in [-0.15, -0.1) is 5.92 Å². The maximum Gasteiger partial charge on any atom is 0.267 e. The fourth-order valence-electron chi connectivity index (χ4n) is 1.95. The molecule has 0 aliphatic heterocycles. The van der Waals surface area contributed by atoms with Gasteiger partial charge in [0.1, 0.15) is 12.2 Å². The van der Waals surface area contributed by atoms with E-state index in [0.29, 0.717) is 16.4 Å². The molecule has 0 amide bonds. The number of halogens is 1. The minimum absolute atomic E-state index is 0.187. The molecule has 6 heteroatoms. The third-order valence-corrected chi connectivity index (χ3v) is 3.37. The third kappa shape index (κ3) is 5.80. The largest absolute Gasteiger partial charge is 0.381 e. The fraction of sp³-hybridized carbons (Fsp3) is 0.389. The van der Waals surface area contributed by atoms with Crippen molar-refractivity contribution in [3.05, 3.63) is 45.8 Å². The fourth-order valence-corrected chi connectivity index (χ4v) is 2.07. The van der Waals surface area contributed by atoms with Crippen LogP contribution < -0.4 is 5.56 Å². The van der Waals surface area contributed by atoms with Gasteiger partial charge < -0.3 is 4.74 Å². The number of hydrogen-bond acceptors (Lipinski definition) is 4. The smallest absolute Gasteiger partial charge is 0.267 e. The van der Waals surface area contributed by atoms with Gasteiger partial charge in [-0.2, -0.15) is 5.10 Å². The van der Waals surface area contributed by atoms with E-state index in [1.165, 1.54) is 10.7 Å². The second kappa shape index (κ2) is 9.86. The van der Waals surface area contributed by atoms with Gasteiger partial charge in [-0.05, 0) is 31.0 Å². The van der Waals surface area contributed by atoms with Gasteiger partial charge in [0.15, 0.2) is 0 Å². The molecule has 0 aliphatic carbocycles. The van der Waals surface area contributed by atoms with Crippen LogP contribution in [0.3, 0.4) is 0 Å². The minimum atomic E-state index is -0.187.